The molecule has 0 radical (unpaired) electrons. The van der Waals surface area contributed by atoms with Gasteiger partial charge in [0.15, 0.2) is 0 Å². The Morgan fingerprint density at radius 1 is 1.12 bits per heavy atom. The topological polar surface area (TPSA) is 83.6 Å². The van der Waals surface area contributed by atoms with E-state index in [2.05, 4.69) is 5.32 Å². The van der Waals surface area contributed by atoms with Gasteiger partial charge in [-0.25, -0.2) is 12.7 Å². The number of nitrogens with one attached hydrogen (secondary N) is 1. The first-order valence-electron chi connectivity index (χ1n) is 8.69. The molecule has 1 heterocycles. The smallest absolute Gasteiger partial charge is 0.251 e. The van der Waals surface area contributed by atoms with Gasteiger partial charge in [0.05, 0.1) is 16.9 Å². The first-order valence-corrected chi connectivity index (χ1v) is 10.3. The van der Waals surface area contributed by atoms with Crippen LogP contribution in [0.4, 0.5) is 5.69 Å². The number of benzene rings is 1. The highest BCUT2D eigenvalue weighted by Gasteiger charge is 2.49. The normalized spacial score (nSPS) is 22.8. The van der Waals surface area contributed by atoms with Crippen molar-refractivity contribution in [1.29, 1.82) is 0 Å². The quantitative estimate of drug-likeness (QED) is 0.893. The van der Waals surface area contributed by atoms with Crippen LogP contribution in [0.2, 0.25) is 0 Å². The largest absolute Gasteiger partial charge is 0.349 e. The number of amides is 2. The molecule has 0 spiro atoms. The lowest BCUT2D eigenvalue weighted by atomic mass is 9.95. The molecule has 136 valence electrons. The highest BCUT2D eigenvalue weighted by atomic mass is 32.2. The van der Waals surface area contributed by atoms with Gasteiger partial charge in [-0.3, -0.25) is 9.59 Å². The molecule has 0 aromatic heterocycles. The Balaban J connectivity index is 1.76. The molecule has 1 aliphatic carbocycles. The molecular formula is C18H24N2O4S. The number of sulfonamides is 1. The maximum atomic E-state index is 12.4. The third-order valence-corrected chi connectivity index (χ3v) is 6.91. The number of hydrogen-bond acceptors (Lipinski definition) is 4. The average molecular weight is 364 g/mol. The lowest BCUT2D eigenvalue weighted by Crippen LogP contribution is -2.36. The first kappa shape index (κ1) is 17.9. The number of nitrogens with zero attached hydrogens (tertiary/aromatic N) is 1. The van der Waals surface area contributed by atoms with Crippen LogP contribution >= 0.6 is 0 Å². The maximum absolute atomic E-state index is 12.4. The van der Waals surface area contributed by atoms with Gasteiger partial charge in [0.1, 0.15) is 0 Å². The minimum absolute atomic E-state index is 0.158. The van der Waals surface area contributed by atoms with Gasteiger partial charge in [0.25, 0.3) is 5.91 Å². The first-order chi connectivity index (χ1) is 11.7. The van der Waals surface area contributed by atoms with Crippen LogP contribution in [0.15, 0.2) is 24.3 Å². The highest BCUT2D eigenvalue weighted by molar-refractivity contribution is 7.94. The second kappa shape index (κ2) is 6.44. The van der Waals surface area contributed by atoms with Crippen LogP contribution in [-0.2, 0) is 14.8 Å². The summed E-state index contributed by atoms with van der Waals surface area (Å²) in [5, 5.41) is 3.02. The molecule has 25 heavy (non-hydrogen) atoms. The van der Waals surface area contributed by atoms with Gasteiger partial charge in [-0.15, -0.1) is 0 Å². The van der Waals surface area contributed by atoms with Crippen LogP contribution in [0.3, 0.4) is 0 Å². The Morgan fingerprint density at radius 3 is 2.24 bits per heavy atom. The zero-order valence-electron chi connectivity index (χ0n) is 14.6. The Kier molecular flexibility index (Phi) is 4.62. The highest BCUT2D eigenvalue weighted by Crippen LogP contribution is 2.35. The summed E-state index contributed by atoms with van der Waals surface area (Å²) in [6.07, 6.45) is 5.48. The van der Waals surface area contributed by atoms with Gasteiger partial charge in [0, 0.05) is 11.6 Å². The van der Waals surface area contributed by atoms with Crippen LogP contribution < -0.4 is 9.62 Å². The molecule has 1 aliphatic heterocycles. The summed E-state index contributed by atoms with van der Waals surface area (Å²) in [5.41, 5.74) is -0.182. The van der Waals surface area contributed by atoms with Crippen molar-refractivity contribution < 1.29 is 18.0 Å². The predicted molar refractivity (Wildman–Crippen MR) is 95.8 cm³/mol. The van der Waals surface area contributed by atoms with Gasteiger partial charge in [0.2, 0.25) is 15.9 Å². The van der Waals surface area contributed by atoms with E-state index in [1.807, 2.05) is 0 Å². The zero-order chi connectivity index (χ0) is 18.2. The van der Waals surface area contributed by atoms with E-state index in [9.17, 15) is 18.0 Å². The molecule has 1 aromatic rings. The van der Waals surface area contributed by atoms with Gasteiger partial charge >= 0.3 is 0 Å². The molecule has 1 aromatic carbocycles. The van der Waals surface area contributed by atoms with Gasteiger partial charge in [-0.05, 0) is 51.0 Å². The van der Waals surface area contributed by atoms with E-state index in [1.54, 1.807) is 26.0 Å². The Hall–Kier alpha value is -1.89. The summed E-state index contributed by atoms with van der Waals surface area (Å²) in [6.45, 7) is 3.25. The van der Waals surface area contributed by atoms with E-state index in [0.717, 1.165) is 30.0 Å². The van der Waals surface area contributed by atoms with Crippen LogP contribution in [0.1, 0.15) is 56.3 Å². The van der Waals surface area contributed by atoms with Crippen LogP contribution in [0, 0.1) is 5.41 Å². The summed E-state index contributed by atoms with van der Waals surface area (Å²) in [7, 11) is -3.67. The lowest BCUT2D eigenvalue weighted by molar-refractivity contribution is -0.123. The molecule has 1 saturated heterocycles. The molecule has 1 N–H and O–H groups in total. The van der Waals surface area contributed by atoms with Crippen molar-refractivity contribution in [2.75, 3.05) is 10.1 Å². The molecule has 1 saturated carbocycles. The number of rotatable bonds is 3. The molecule has 0 bridgehead atoms. The van der Waals surface area contributed by atoms with E-state index in [1.165, 1.54) is 18.6 Å². The minimum Gasteiger partial charge on any atom is -0.349 e. The maximum Gasteiger partial charge on any atom is 0.251 e. The fourth-order valence-electron chi connectivity index (χ4n) is 3.53. The summed E-state index contributed by atoms with van der Waals surface area (Å²) >= 11 is 0. The van der Waals surface area contributed by atoms with Crippen molar-refractivity contribution in [1.82, 2.24) is 5.32 Å². The average Bonchev–Trinajstić information content (AvgIpc) is 2.71. The summed E-state index contributed by atoms with van der Waals surface area (Å²) < 4.78 is 25.4. The van der Waals surface area contributed by atoms with Crippen molar-refractivity contribution >= 4 is 27.5 Å². The Labute approximate surface area is 148 Å². The van der Waals surface area contributed by atoms with Gasteiger partial charge < -0.3 is 5.32 Å². The summed E-state index contributed by atoms with van der Waals surface area (Å²) in [4.78, 5) is 24.7. The third kappa shape index (κ3) is 3.56. The lowest BCUT2D eigenvalue weighted by Gasteiger charge is -2.23. The molecule has 3 rings (SSSR count). The van der Waals surface area contributed by atoms with E-state index in [0.29, 0.717) is 5.56 Å². The molecular weight excluding hydrogens is 340 g/mol. The van der Waals surface area contributed by atoms with Crippen LogP contribution in [0.25, 0.3) is 0 Å². The van der Waals surface area contributed by atoms with Crippen molar-refractivity contribution in [2.24, 2.45) is 5.41 Å². The van der Waals surface area contributed by atoms with Crippen molar-refractivity contribution in [3.63, 3.8) is 0 Å². The molecule has 7 heteroatoms. The van der Waals surface area contributed by atoms with Crippen LogP contribution in [-0.4, -0.2) is 32.0 Å². The number of hydrogen-bond donors (Lipinski definition) is 1. The van der Waals surface area contributed by atoms with E-state index in [4.69, 9.17) is 0 Å². The standard InChI is InChI=1S/C18H24N2O4S/c1-18(2)12-25(23,24)20(17(18)22)15-10-8-13(9-11-15)16(21)19-14-6-4-3-5-7-14/h8-11,14H,3-7,12H2,1-2H3,(H,19,21). The number of carbonyl (C=O) groups excluding carboxylic acids is 2. The summed E-state index contributed by atoms with van der Waals surface area (Å²) in [5.74, 6) is -0.802. The molecule has 2 amide bonds. The van der Waals surface area contributed by atoms with Crippen molar-refractivity contribution in [3.8, 4) is 0 Å². The molecule has 0 atom stereocenters. The fourth-order valence-corrected chi connectivity index (χ4v) is 5.63. The minimum atomic E-state index is -3.67. The monoisotopic (exact) mass is 364 g/mol. The third-order valence-electron chi connectivity index (χ3n) is 4.89. The second-order valence-electron chi connectivity index (χ2n) is 7.56. The predicted octanol–water partition coefficient (Wildman–Crippen LogP) is 2.45. The second-order valence-corrected chi connectivity index (χ2v) is 9.38. The SMILES string of the molecule is CC1(C)CS(=O)(=O)N(c2ccc(C(=O)NC3CCCCC3)cc2)C1=O. The fraction of sp³-hybridized carbons (Fsp3) is 0.556. The van der Waals surface area contributed by atoms with E-state index >= 15 is 0 Å². The molecule has 2 fully saturated rings. The molecule has 0 unspecified atom stereocenters. The van der Waals surface area contributed by atoms with E-state index < -0.39 is 21.3 Å². The van der Waals surface area contributed by atoms with Crippen molar-refractivity contribution in [3.05, 3.63) is 29.8 Å². The van der Waals surface area contributed by atoms with Crippen LogP contribution in [0.5, 0.6) is 0 Å². The van der Waals surface area contributed by atoms with Gasteiger partial charge in [-0.1, -0.05) is 19.3 Å². The van der Waals surface area contributed by atoms with Gasteiger partial charge in [-0.2, -0.15) is 0 Å². The zero-order valence-corrected chi connectivity index (χ0v) is 15.4. The van der Waals surface area contributed by atoms with Crippen molar-refractivity contribution in [2.45, 2.75) is 52.0 Å². The molecule has 2 aliphatic rings. The summed E-state index contributed by atoms with van der Waals surface area (Å²) in [6, 6.07) is 6.39. The number of carbonyl (C=O) groups is 2. The van der Waals surface area contributed by atoms with E-state index in [-0.39, 0.29) is 23.4 Å². The Morgan fingerprint density at radius 2 is 1.72 bits per heavy atom. The molecule has 6 nitrogen and oxygen atoms in total. The Bertz CT molecular complexity index is 778. The number of anilines is 1.